The van der Waals surface area contributed by atoms with Crippen molar-refractivity contribution in [1.29, 1.82) is 0 Å². The maximum Gasteiger partial charge on any atom is 0.0975 e. The van der Waals surface area contributed by atoms with Crippen molar-refractivity contribution in [3.8, 4) is 0 Å². The molecule has 2 fully saturated rings. The summed E-state index contributed by atoms with van der Waals surface area (Å²) in [5.41, 5.74) is 6.05. The summed E-state index contributed by atoms with van der Waals surface area (Å²) in [7, 11) is 0. The third kappa shape index (κ3) is 1.39. The van der Waals surface area contributed by atoms with E-state index in [1.54, 1.807) is 0 Å². The second-order valence-corrected chi connectivity index (χ2v) is 4.16. The van der Waals surface area contributed by atoms with Gasteiger partial charge in [0.05, 0.1) is 11.4 Å². The molecule has 2 rings (SSSR count). The molecule has 2 aliphatic rings. The van der Waals surface area contributed by atoms with Crippen molar-refractivity contribution < 1.29 is 0 Å². The first-order valence-electron chi connectivity index (χ1n) is 4.55. The number of nitrogens with zero attached hydrogens (tertiary/aromatic N) is 1. The molecule has 2 nitrogen and oxygen atoms in total. The Bertz CT molecular complexity index is 188. The monoisotopic (exact) mass is 152 g/mol. The van der Waals surface area contributed by atoms with E-state index >= 15 is 0 Å². The van der Waals surface area contributed by atoms with Crippen molar-refractivity contribution in [2.24, 2.45) is 16.6 Å². The first kappa shape index (κ1) is 7.14. The van der Waals surface area contributed by atoms with Gasteiger partial charge in [-0.05, 0) is 39.0 Å². The van der Waals surface area contributed by atoms with Gasteiger partial charge < -0.3 is 5.73 Å². The predicted octanol–water partition coefficient (Wildman–Crippen LogP) is 1.70. The molecule has 0 heterocycles. The van der Waals surface area contributed by atoms with Crippen molar-refractivity contribution in [3.63, 3.8) is 0 Å². The summed E-state index contributed by atoms with van der Waals surface area (Å²) in [6.45, 7) is 2.21. The zero-order valence-corrected chi connectivity index (χ0v) is 7.14. The van der Waals surface area contributed by atoms with Gasteiger partial charge in [0.2, 0.25) is 0 Å². The van der Waals surface area contributed by atoms with Crippen LogP contribution in [-0.4, -0.2) is 11.4 Å². The molecule has 0 aromatic heterocycles. The molecule has 0 atom stereocenters. The molecule has 0 aliphatic heterocycles. The standard InChI is InChI=1S/C9H16N2/c1-9(5-2-6-9)11-8(10)7-3-4-7/h7H,2-6H2,1H3,(H2,10,11). The molecule has 62 valence electrons. The molecular formula is C9H16N2. The highest BCUT2D eigenvalue weighted by molar-refractivity contribution is 5.85. The third-order valence-corrected chi connectivity index (χ3v) is 2.83. The van der Waals surface area contributed by atoms with Crippen molar-refractivity contribution in [3.05, 3.63) is 0 Å². The predicted molar refractivity (Wildman–Crippen MR) is 46.6 cm³/mol. The van der Waals surface area contributed by atoms with Crippen LogP contribution in [0.25, 0.3) is 0 Å². The smallest absolute Gasteiger partial charge is 0.0975 e. The maximum absolute atomic E-state index is 5.82. The number of hydrogen-bond acceptors (Lipinski definition) is 1. The van der Waals surface area contributed by atoms with Gasteiger partial charge in [0.1, 0.15) is 0 Å². The van der Waals surface area contributed by atoms with E-state index in [4.69, 9.17) is 5.73 Å². The molecule has 0 saturated heterocycles. The van der Waals surface area contributed by atoms with Gasteiger partial charge >= 0.3 is 0 Å². The quantitative estimate of drug-likeness (QED) is 0.474. The van der Waals surface area contributed by atoms with Crippen LogP contribution in [0.3, 0.4) is 0 Å². The lowest BCUT2D eigenvalue weighted by Crippen LogP contribution is -2.34. The molecule has 2 heteroatoms. The SMILES string of the molecule is CC1(N=C(N)C2CC2)CCC1. The molecule has 0 aromatic carbocycles. The minimum Gasteiger partial charge on any atom is -0.387 e. The summed E-state index contributed by atoms with van der Waals surface area (Å²) in [6, 6.07) is 0. The Morgan fingerprint density at radius 3 is 2.45 bits per heavy atom. The highest BCUT2D eigenvalue weighted by Gasteiger charge is 2.34. The summed E-state index contributed by atoms with van der Waals surface area (Å²) in [5, 5.41) is 0. The summed E-state index contributed by atoms with van der Waals surface area (Å²) < 4.78 is 0. The Hall–Kier alpha value is -0.530. The van der Waals surface area contributed by atoms with Crippen molar-refractivity contribution in [2.75, 3.05) is 0 Å². The first-order chi connectivity index (χ1) is 5.20. The number of nitrogens with two attached hydrogens (primary N) is 1. The molecule has 0 radical (unpaired) electrons. The fourth-order valence-corrected chi connectivity index (χ4v) is 1.58. The first-order valence-corrected chi connectivity index (χ1v) is 4.55. The molecule has 0 aromatic rings. The zero-order chi connectivity index (χ0) is 7.90. The van der Waals surface area contributed by atoms with Crippen LogP contribution in [-0.2, 0) is 0 Å². The summed E-state index contributed by atoms with van der Waals surface area (Å²) in [5.74, 6) is 1.57. The van der Waals surface area contributed by atoms with Crippen LogP contribution in [0, 0.1) is 5.92 Å². The van der Waals surface area contributed by atoms with Crippen LogP contribution >= 0.6 is 0 Å². The van der Waals surface area contributed by atoms with Gasteiger partial charge in [-0.15, -0.1) is 0 Å². The minimum absolute atomic E-state index is 0.229. The van der Waals surface area contributed by atoms with Crippen LogP contribution in [0.5, 0.6) is 0 Å². The Kier molecular flexibility index (Phi) is 1.44. The average molecular weight is 152 g/mol. The Morgan fingerprint density at radius 1 is 1.45 bits per heavy atom. The highest BCUT2D eigenvalue weighted by atomic mass is 15.0. The normalized spacial score (nSPS) is 29.7. The topological polar surface area (TPSA) is 38.4 Å². The van der Waals surface area contributed by atoms with Gasteiger partial charge in [0.25, 0.3) is 0 Å². The molecule has 2 saturated carbocycles. The van der Waals surface area contributed by atoms with Gasteiger partial charge in [-0.1, -0.05) is 0 Å². The van der Waals surface area contributed by atoms with Gasteiger partial charge in [-0.25, -0.2) is 0 Å². The van der Waals surface area contributed by atoms with Gasteiger partial charge in [-0.2, -0.15) is 0 Å². The molecule has 0 spiro atoms. The average Bonchev–Trinajstić information content (AvgIpc) is 2.64. The Morgan fingerprint density at radius 2 is 2.09 bits per heavy atom. The Labute approximate surface area is 67.9 Å². The van der Waals surface area contributed by atoms with E-state index in [9.17, 15) is 0 Å². The fourth-order valence-electron chi connectivity index (χ4n) is 1.58. The van der Waals surface area contributed by atoms with Crippen LogP contribution in [0.4, 0.5) is 0 Å². The van der Waals surface area contributed by atoms with Crippen LogP contribution in [0.2, 0.25) is 0 Å². The molecule has 0 bridgehead atoms. The molecule has 0 amide bonds. The molecular weight excluding hydrogens is 136 g/mol. The summed E-state index contributed by atoms with van der Waals surface area (Å²) >= 11 is 0. The van der Waals surface area contributed by atoms with E-state index < -0.39 is 0 Å². The molecule has 2 N–H and O–H groups in total. The van der Waals surface area contributed by atoms with E-state index in [0.29, 0.717) is 5.92 Å². The van der Waals surface area contributed by atoms with Crippen LogP contribution in [0.15, 0.2) is 4.99 Å². The minimum atomic E-state index is 0.229. The van der Waals surface area contributed by atoms with Crippen molar-refractivity contribution >= 4 is 5.84 Å². The van der Waals surface area contributed by atoms with Crippen molar-refractivity contribution in [1.82, 2.24) is 0 Å². The number of rotatable bonds is 2. The van der Waals surface area contributed by atoms with E-state index in [0.717, 1.165) is 5.84 Å². The third-order valence-electron chi connectivity index (χ3n) is 2.83. The van der Waals surface area contributed by atoms with E-state index in [1.165, 1.54) is 32.1 Å². The summed E-state index contributed by atoms with van der Waals surface area (Å²) in [6.07, 6.45) is 6.34. The maximum atomic E-state index is 5.82. The van der Waals surface area contributed by atoms with Gasteiger partial charge in [-0.3, -0.25) is 4.99 Å². The van der Waals surface area contributed by atoms with Gasteiger partial charge in [0.15, 0.2) is 0 Å². The molecule has 2 aliphatic carbocycles. The highest BCUT2D eigenvalue weighted by Crippen LogP contribution is 2.37. The lowest BCUT2D eigenvalue weighted by atomic mass is 9.79. The van der Waals surface area contributed by atoms with Crippen LogP contribution < -0.4 is 5.73 Å². The van der Waals surface area contributed by atoms with E-state index in [2.05, 4.69) is 11.9 Å². The second-order valence-electron chi connectivity index (χ2n) is 4.16. The molecule has 0 unspecified atom stereocenters. The lowest BCUT2D eigenvalue weighted by Gasteiger charge is -2.34. The van der Waals surface area contributed by atoms with Gasteiger partial charge in [0, 0.05) is 5.92 Å². The largest absolute Gasteiger partial charge is 0.387 e. The lowest BCUT2D eigenvalue weighted by molar-refractivity contribution is 0.279. The van der Waals surface area contributed by atoms with E-state index in [1.807, 2.05) is 0 Å². The molecule has 11 heavy (non-hydrogen) atoms. The number of amidine groups is 1. The number of aliphatic imine (C=N–C) groups is 1. The van der Waals surface area contributed by atoms with Crippen LogP contribution in [0.1, 0.15) is 39.0 Å². The number of hydrogen-bond donors (Lipinski definition) is 1. The summed E-state index contributed by atoms with van der Waals surface area (Å²) in [4.78, 5) is 4.57. The Balaban J connectivity index is 1.99. The second kappa shape index (κ2) is 2.23. The zero-order valence-electron chi connectivity index (χ0n) is 7.14. The van der Waals surface area contributed by atoms with E-state index in [-0.39, 0.29) is 5.54 Å². The van der Waals surface area contributed by atoms with Crippen molar-refractivity contribution in [2.45, 2.75) is 44.6 Å². The fraction of sp³-hybridized carbons (Fsp3) is 0.889.